The van der Waals surface area contributed by atoms with Crippen molar-refractivity contribution in [3.63, 3.8) is 0 Å². The molecule has 95 heavy (non-hydrogen) atoms. The number of aliphatic imine (C=N–C) groups is 2. The van der Waals surface area contributed by atoms with Crippen molar-refractivity contribution in [3.8, 4) is 11.5 Å². The monoisotopic (exact) mass is 1350 g/mol. The molecule has 2 aromatic heterocycles. The van der Waals surface area contributed by atoms with Gasteiger partial charge in [0.25, 0.3) is 0 Å². The number of amides is 2. The largest absolute Gasteiger partial charge is 2.00 e. The summed E-state index contributed by atoms with van der Waals surface area (Å²) in [7, 11) is 0. The number of hydrogen-bond acceptors (Lipinski definition) is 14. The summed E-state index contributed by atoms with van der Waals surface area (Å²) in [5.74, 6) is 5.25. The molecule has 0 saturated heterocycles. The van der Waals surface area contributed by atoms with Crippen molar-refractivity contribution in [1.29, 1.82) is 0 Å². The number of aromatic nitrogens is 6. The molecule has 3 aromatic carbocycles. The molecule has 0 spiro atoms. The number of para-hydroxylation sites is 2. The Morgan fingerprint density at radius 2 is 1.00 bits per heavy atom. The number of carbonyl (C=O) groups is 2. The fourth-order valence-corrected chi connectivity index (χ4v) is 21.9. The Kier molecular flexibility index (Phi) is 20.6. The first kappa shape index (κ1) is 69.2. The molecule has 0 radical (unpaired) electrons. The molecule has 18 nitrogen and oxygen atoms in total. The Morgan fingerprint density at radius 1 is 0.579 bits per heavy atom. The zero-order valence-electron chi connectivity index (χ0n) is 57.0. The fourth-order valence-electron chi connectivity index (χ4n) is 21.9. The average molecular weight is 1350 g/mol. The van der Waals surface area contributed by atoms with Gasteiger partial charge < -0.3 is 41.3 Å². The molecule has 8 aliphatic carbocycles. The first-order chi connectivity index (χ1) is 45.1. The molecule has 2 amide bonds. The summed E-state index contributed by atoms with van der Waals surface area (Å²) in [6.07, 6.45) is 24.6. The van der Waals surface area contributed by atoms with E-state index in [1.807, 2.05) is 12.1 Å². The second-order valence-electron chi connectivity index (χ2n) is 31.9. The molecule has 19 heteroatoms. The summed E-state index contributed by atoms with van der Waals surface area (Å²) in [5, 5.41) is 94.7. The second-order valence-corrected chi connectivity index (χ2v) is 31.9. The zero-order chi connectivity index (χ0) is 65.8. The number of nitrogens with one attached hydrogen (secondary N) is 2. The summed E-state index contributed by atoms with van der Waals surface area (Å²) in [5.41, 5.74) is 4.75. The molecule has 0 bridgehead atoms. The first-order valence-corrected chi connectivity index (χ1v) is 35.9. The number of aliphatic hydroxyl groups excluding tert-OH is 4. The first-order valence-electron chi connectivity index (χ1n) is 35.9. The third-order valence-corrected chi connectivity index (χ3v) is 27.2. The molecule has 20 atom stereocenters. The Balaban J connectivity index is 0.00000864. The van der Waals surface area contributed by atoms with Crippen molar-refractivity contribution in [2.75, 3.05) is 0 Å². The third-order valence-electron chi connectivity index (χ3n) is 27.2. The van der Waals surface area contributed by atoms with E-state index in [0.29, 0.717) is 131 Å². The maximum Gasteiger partial charge on any atom is 2.00 e. The van der Waals surface area contributed by atoms with Gasteiger partial charge in [-0.25, -0.2) is 9.36 Å². The molecule has 0 unspecified atom stereocenters. The minimum absolute atomic E-state index is 0. The maximum absolute atomic E-state index is 13.3. The van der Waals surface area contributed by atoms with Gasteiger partial charge in [-0.2, -0.15) is 0 Å². The van der Waals surface area contributed by atoms with Crippen LogP contribution < -0.4 is 20.8 Å². The van der Waals surface area contributed by atoms with E-state index in [1.165, 1.54) is 50.2 Å². The zero-order valence-corrected chi connectivity index (χ0v) is 60.0. The summed E-state index contributed by atoms with van der Waals surface area (Å²) >= 11 is 0. The SMILES string of the molecule is C[C@H](CCC(=O)NCc1cn(Cc2ccc([O-])c(C=Nc3ccccc3N=Cc3cc(Cn4cc(CNC(=O)CC[C@@H](C)[C@H]5CC[C@H]6[C@@H]7CC[C@@H]8C[C@H](O)CC[C@]8(C)[C@H]7C[C@H](O)[C@]56C)nn4)ccc3[O-])c2)nn1)[C@H]1CC[C@H]2[C@@H]3CC[C@@H]4C[C@H](O)CC[C@]4(C)[C@H]3C[C@H](O)[C@]12C.[Zn+2]. The Labute approximate surface area is 574 Å². The van der Waals surface area contributed by atoms with Crippen molar-refractivity contribution in [3.05, 3.63) is 107 Å². The topological polar surface area (TPSA) is 271 Å². The summed E-state index contributed by atoms with van der Waals surface area (Å²) < 4.78 is 3.36. The van der Waals surface area contributed by atoms with E-state index < -0.39 is 0 Å². The maximum atomic E-state index is 13.3. The van der Waals surface area contributed by atoms with Crippen molar-refractivity contribution < 1.29 is 59.7 Å². The van der Waals surface area contributed by atoms with E-state index in [9.17, 15) is 40.2 Å². The summed E-state index contributed by atoms with van der Waals surface area (Å²) in [4.78, 5) is 36.0. The third kappa shape index (κ3) is 13.7. The van der Waals surface area contributed by atoms with Gasteiger partial charge in [-0.15, -0.1) is 21.7 Å². The normalized spacial score (nSPS) is 35.4. The van der Waals surface area contributed by atoms with Crippen LogP contribution >= 0.6 is 0 Å². The molecular weight excluding hydrogens is 1250 g/mol. The fraction of sp³-hybridized carbons (Fsp3) is 0.658. The van der Waals surface area contributed by atoms with Gasteiger partial charge in [-0.3, -0.25) is 19.6 Å². The van der Waals surface area contributed by atoms with Crippen LogP contribution in [0.25, 0.3) is 0 Å². The molecule has 8 saturated carbocycles. The smallest absolute Gasteiger partial charge is 0.872 e. The van der Waals surface area contributed by atoms with Crippen LogP contribution in [-0.2, 0) is 55.2 Å². The number of aliphatic hydroxyl groups is 4. The predicted molar refractivity (Wildman–Crippen MR) is 357 cm³/mol. The number of nitrogens with zero attached hydrogens (tertiary/aromatic N) is 8. The van der Waals surface area contributed by atoms with Crippen molar-refractivity contribution in [2.45, 2.75) is 221 Å². The van der Waals surface area contributed by atoms with E-state index in [-0.39, 0.29) is 102 Å². The van der Waals surface area contributed by atoms with Crippen LogP contribution in [0.15, 0.2) is 83.0 Å². The van der Waals surface area contributed by atoms with E-state index in [1.54, 1.807) is 58.2 Å². The molecule has 0 aliphatic heterocycles. The molecule has 506 valence electrons. The van der Waals surface area contributed by atoms with Gasteiger partial charge in [0, 0.05) is 25.3 Å². The van der Waals surface area contributed by atoms with Crippen LogP contribution in [0.4, 0.5) is 11.4 Å². The molecule has 8 fully saturated rings. The van der Waals surface area contributed by atoms with Crippen molar-refractivity contribution in [1.82, 2.24) is 40.6 Å². The van der Waals surface area contributed by atoms with E-state index in [0.717, 1.165) is 101 Å². The van der Waals surface area contributed by atoms with E-state index >= 15 is 0 Å². The molecular formula is C76H102N10O8Zn. The molecule has 2 heterocycles. The van der Waals surface area contributed by atoms with Crippen LogP contribution in [0.2, 0.25) is 0 Å². The van der Waals surface area contributed by atoms with Gasteiger partial charge in [0.15, 0.2) is 0 Å². The average Bonchev–Trinajstić information content (AvgIpc) is 1.69. The van der Waals surface area contributed by atoms with E-state index in [4.69, 9.17) is 0 Å². The van der Waals surface area contributed by atoms with E-state index in [2.05, 4.69) is 82.8 Å². The quantitative estimate of drug-likeness (QED) is 0.0314. The van der Waals surface area contributed by atoms with Crippen LogP contribution in [0.3, 0.4) is 0 Å². The number of carbonyl (C=O) groups excluding carboxylic acids is 2. The number of benzene rings is 3. The van der Waals surface area contributed by atoms with Gasteiger partial charge in [-0.05, 0) is 255 Å². The standard InChI is InChI=1S/C76H104N10O8.Zn/c1-45(59-19-21-61-57-17-15-51-33-55(87)27-29-73(51,3)63(57)35-69(91)75(59,61)5)11-25-71(93)79-39-53-43-85(83-81-53)41-47-13-23-67(89)49(31-47)37-77-65-9-7-8-10-66(65)78-38-50-32-48(14-24-68(50)90)42-86-44-54(82-84-86)40-80-72(94)26-12-46(2)60-20-22-62-58-18-16-52-34-56(88)28-30-74(52,4)64(58)36-70(92)76(60,62)6;/h7-10,13-14,23-24,31-32,37-38,43-46,51-52,55-64,69-70,87-92H,11-12,15-22,25-30,33-36,39-42H2,1-6H3,(H,79,93)(H,80,94);/q;+2/p-2/t45-,46-,51-,52-,55-,56-,57+,58+,59-,60-,61+,62+,63+,64+,69+,70+,73+,74+,75-,76-;/m1./s1. The van der Waals surface area contributed by atoms with Gasteiger partial charge in [0.1, 0.15) is 11.4 Å². The number of hydrogen-bond donors (Lipinski definition) is 6. The van der Waals surface area contributed by atoms with Gasteiger partial charge in [-0.1, -0.05) is 88.4 Å². The van der Waals surface area contributed by atoms with Crippen LogP contribution in [0.1, 0.15) is 204 Å². The number of rotatable bonds is 20. The van der Waals surface area contributed by atoms with Crippen molar-refractivity contribution >= 4 is 35.6 Å². The molecule has 6 N–H and O–H groups in total. The number of fused-ring (bicyclic) bond motifs is 10. The minimum atomic E-state index is -0.350. The van der Waals surface area contributed by atoms with Gasteiger partial charge in [0.05, 0.1) is 74.4 Å². The predicted octanol–water partition coefficient (Wildman–Crippen LogP) is 10.7. The second kappa shape index (κ2) is 28.3. The summed E-state index contributed by atoms with van der Waals surface area (Å²) in [6.45, 7) is 15.4. The Hall–Kier alpha value is -5.72. The molecule has 13 rings (SSSR count). The van der Waals surface area contributed by atoms with Crippen LogP contribution in [-0.4, -0.2) is 99.1 Å². The van der Waals surface area contributed by atoms with Gasteiger partial charge in [0.2, 0.25) is 11.8 Å². The Morgan fingerprint density at radius 3 is 1.42 bits per heavy atom. The van der Waals surface area contributed by atoms with Crippen molar-refractivity contribution in [2.24, 2.45) is 103 Å². The van der Waals surface area contributed by atoms with Gasteiger partial charge >= 0.3 is 19.5 Å². The van der Waals surface area contributed by atoms with Crippen LogP contribution in [0.5, 0.6) is 11.5 Å². The minimum Gasteiger partial charge on any atom is -0.872 e. The molecule has 5 aromatic rings. The summed E-state index contributed by atoms with van der Waals surface area (Å²) in [6, 6.07) is 17.3. The molecule has 8 aliphatic rings. The van der Waals surface area contributed by atoms with Crippen LogP contribution in [0, 0.1) is 92.7 Å². The Bertz CT molecular complexity index is 3370.